The predicted molar refractivity (Wildman–Crippen MR) is 79.6 cm³/mol. The molecule has 6 nitrogen and oxygen atoms in total. The summed E-state index contributed by atoms with van der Waals surface area (Å²) in [5.74, 6) is -0.0377. The van der Waals surface area contributed by atoms with Crippen molar-refractivity contribution in [3.05, 3.63) is 5.82 Å². The zero-order valence-electron chi connectivity index (χ0n) is 12.2. The van der Waals surface area contributed by atoms with E-state index in [-0.39, 0.29) is 17.6 Å². The second-order valence-corrected chi connectivity index (χ2v) is 6.76. The van der Waals surface area contributed by atoms with Gasteiger partial charge in [-0.15, -0.1) is 0 Å². The molecule has 0 bridgehead atoms. The number of hydrogen-bond acceptors (Lipinski definition) is 6. The summed E-state index contributed by atoms with van der Waals surface area (Å²) < 4.78 is 10.4. The van der Waals surface area contributed by atoms with Crippen molar-refractivity contribution in [1.82, 2.24) is 9.36 Å². The number of carboxylic acids is 1. The molecule has 0 aromatic carbocycles. The van der Waals surface area contributed by atoms with Gasteiger partial charge < -0.3 is 15.2 Å². The Hall–Kier alpha value is -1.21. The van der Waals surface area contributed by atoms with Crippen molar-refractivity contribution >= 4 is 22.6 Å². The van der Waals surface area contributed by atoms with Crippen molar-refractivity contribution in [1.29, 1.82) is 0 Å². The molecule has 7 heteroatoms. The van der Waals surface area contributed by atoms with Crippen LogP contribution in [0.1, 0.15) is 44.9 Å². The number of rotatable bonds is 5. The first-order chi connectivity index (χ1) is 10.1. The summed E-state index contributed by atoms with van der Waals surface area (Å²) in [6.45, 7) is 2.76. The third-order valence-corrected chi connectivity index (χ3v) is 5.14. The second-order valence-electron chi connectivity index (χ2n) is 6.01. The molecule has 116 valence electrons. The fraction of sp³-hybridized carbons (Fsp3) is 0.786. The van der Waals surface area contributed by atoms with E-state index in [1.54, 1.807) is 0 Å². The molecule has 1 atom stereocenters. The van der Waals surface area contributed by atoms with Gasteiger partial charge in [-0.05, 0) is 32.1 Å². The molecule has 1 saturated carbocycles. The molecule has 1 saturated heterocycles. The van der Waals surface area contributed by atoms with E-state index < -0.39 is 5.97 Å². The number of nitrogens with zero attached hydrogens (tertiary/aromatic N) is 2. The van der Waals surface area contributed by atoms with Crippen LogP contribution in [0.2, 0.25) is 0 Å². The zero-order valence-corrected chi connectivity index (χ0v) is 13.0. The Morgan fingerprint density at radius 1 is 1.57 bits per heavy atom. The number of aryl methyl sites for hydroxylation is 1. The zero-order chi connectivity index (χ0) is 14.9. The third-order valence-electron chi connectivity index (χ3n) is 4.43. The largest absolute Gasteiger partial charge is 0.481 e. The quantitative estimate of drug-likeness (QED) is 0.868. The molecule has 1 unspecified atom stereocenters. The number of hydrogen-bond donors (Lipinski definition) is 2. The Kier molecular flexibility index (Phi) is 4.12. The maximum Gasteiger partial charge on any atom is 0.306 e. The maximum atomic E-state index is 10.9. The van der Waals surface area contributed by atoms with Gasteiger partial charge in [-0.3, -0.25) is 4.79 Å². The van der Waals surface area contributed by atoms with Crippen LogP contribution in [0.4, 0.5) is 5.13 Å². The first-order valence-electron chi connectivity index (χ1n) is 7.57. The lowest BCUT2D eigenvalue weighted by Crippen LogP contribution is -2.53. The Labute approximate surface area is 128 Å². The molecule has 2 N–H and O–H groups in total. The molecular weight excluding hydrogens is 290 g/mol. The lowest BCUT2D eigenvalue weighted by Gasteiger charge is -2.50. The number of carbonyl (C=O) groups is 1. The monoisotopic (exact) mass is 311 g/mol. The van der Waals surface area contributed by atoms with E-state index in [1.165, 1.54) is 11.5 Å². The van der Waals surface area contributed by atoms with Crippen LogP contribution in [0.15, 0.2) is 0 Å². The third kappa shape index (κ3) is 3.18. The molecular formula is C14H21N3O3S. The molecule has 3 rings (SSSR count). The van der Waals surface area contributed by atoms with Gasteiger partial charge in [0.2, 0.25) is 5.13 Å². The van der Waals surface area contributed by atoms with Gasteiger partial charge in [0, 0.05) is 24.5 Å². The van der Waals surface area contributed by atoms with Gasteiger partial charge in [-0.25, -0.2) is 4.98 Å². The van der Waals surface area contributed by atoms with Crippen molar-refractivity contribution in [2.45, 2.75) is 57.2 Å². The van der Waals surface area contributed by atoms with E-state index in [4.69, 9.17) is 9.84 Å². The summed E-state index contributed by atoms with van der Waals surface area (Å²) in [6.07, 6.45) is 5.43. The smallest absolute Gasteiger partial charge is 0.306 e. The molecule has 2 fully saturated rings. The predicted octanol–water partition coefficient (Wildman–Crippen LogP) is 2.31. The van der Waals surface area contributed by atoms with Crippen LogP contribution in [0.25, 0.3) is 0 Å². The molecule has 0 radical (unpaired) electrons. The number of ether oxygens (including phenoxy) is 1. The molecule has 1 spiro atoms. The second kappa shape index (κ2) is 5.88. The van der Waals surface area contributed by atoms with Gasteiger partial charge in [0.15, 0.2) is 0 Å². The van der Waals surface area contributed by atoms with Gasteiger partial charge in [0.05, 0.1) is 17.6 Å². The first kappa shape index (κ1) is 14.7. The van der Waals surface area contributed by atoms with Crippen LogP contribution in [0.3, 0.4) is 0 Å². The van der Waals surface area contributed by atoms with Crippen molar-refractivity contribution < 1.29 is 14.6 Å². The van der Waals surface area contributed by atoms with Gasteiger partial charge in [-0.2, -0.15) is 4.37 Å². The Morgan fingerprint density at radius 3 is 3.05 bits per heavy atom. The minimum Gasteiger partial charge on any atom is -0.481 e. The average molecular weight is 311 g/mol. The summed E-state index contributed by atoms with van der Waals surface area (Å²) in [5, 5.41) is 13.1. The van der Waals surface area contributed by atoms with Gasteiger partial charge in [0.1, 0.15) is 5.82 Å². The van der Waals surface area contributed by atoms with Crippen LogP contribution in [0.5, 0.6) is 0 Å². The summed E-state index contributed by atoms with van der Waals surface area (Å²) in [4.78, 5) is 15.3. The molecule has 0 amide bonds. The number of aromatic nitrogens is 2. The van der Waals surface area contributed by atoms with Gasteiger partial charge in [0.25, 0.3) is 0 Å². The molecule has 1 aliphatic heterocycles. The number of aliphatic carboxylic acids is 1. The van der Waals surface area contributed by atoms with E-state index >= 15 is 0 Å². The molecule has 2 aliphatic rings. The number of anilines is 1. The SMILES string of the molecule is CCc1nsc(NCC2CCCC3(CC(C(=O)O)C3)O2)n1. The molecule has 2 heterocycles. The van der Waals surface area contributed by atoms with Crippen molar-refractivity contribution in [2.24, 2.45) is 5.92 Å². The van der Waals surface area contributed by atoms with Gasteiger partial charge >= 0.3 is 5.97 Å². The van der Waals surface area contributed by atoms with E-state index in [1.807, 2.05) is 6.92 Å². The van der Waals surface area contributed by atoms with E-state index in [0.29, 0.717) is 12.8 Å². The van der Waals surface area contributed by atoms with Crippen molar-refractivity contribution in [3.63, 3.8) is 0 Å². The minimum absolute atomic E-state index is 0.141. The molecule has 21 heavy (non-hydrogen) atoms. The normalized spacial score (nSPS) is 31.9. The van der Waals surface area contributed by atoms with Gasteiger partial charge in [-0.1, -0.05) is 6.92 Å². The fourth-order valence-electron chi connectivity index (χ4n) is 3.25. The maximum absolute atomic E-state index is 10.9. The highest BCUT2D eigenvalue weighted by Gasteiger charge is 2.50. The summed E-state index contributed by atoms with van der Waals surface area (Å²) >= 11 is 1.38. The summed E-state index contributed by atoms with van der Waals surface area (Å²) in [6, 6.07) is 0. The van der Waals surface area contributed by atoms with Crippen molar-refractivity contribution in [3.8, 4) is 0 Å². The van der Waals surface area contributed by atoms with E-state index in [9.17, 15) is 4.79 Å². The van der Waals surface area contributed by atoms with Crippen molar-refractivity contribution in [2.75, 3.05) is 11.9 Å². The van der Waals surface area contributed by atoms with Crippen LogP contribution < -0.4 is 5.32 Å². The average Bonchev–Trinajstić information content (AvgIpc) is 2.90. The molecule has 1 aromatic heterocycles. The lowest BCUT2D eigenvalue weighted by atomic mass is 9.67. The lowest BCUT2D eigenvalue weighted by molar-refractivity contribution is -0.196. The Morgan fingerprint density at radius 2 is 2.38 bits per heavy atom. The highest BCUT2D eigenvalue weighted by atomic mass is 32.1. The number of nitrogens with one attached hydrogen (secondary N) is 1. The Balaban J connectivity index is 1.49. The summed E-state index contributed by atoms with van der Waals surface area (Å²) in [5.41, 5.74) is -0.177. The standard InChI is InChI=1S/C14H21N3O3S/c1-2-11-16-13(21-17-11)15-8-10-4-3-5-14(20-10)6-9(7-14)12(18)19/h9-10H,2-8H2,1H3,(H,18,19)(H,15,16,17). The number of carboxylic acid groups (broad SMARTS) is 1. The summed E-state index contributed by atoms with van der Waals surface area (Å²) in [7, 11) is 0. The van der Waals surface area contributed by atoms with Crippen LogP contribution >= 0.6 is 11.5 Å². The fourth-order valence-corrected chi connectivity index (χ4v) is 3.91. The van der Waals surface area contributed by atoms with Crippen LogP contribution in [-0.2, 0) is 16.0 Å². The topological polar surface area (TPSA) is 84.3 Å². The van der Waals surface area contributed by atoms with E-state index in [0.717, 1.165) is 43.2 Å². The molecule has 1 aromatic rings. The minimum atomic E-state index is -0.689. The first-order valence-corrected chi connectivity index (χ1v) is 8.35. The van der Waals surface area contributed by atoms with Crippen LogP contribution in [0, 0.1) is 5.92 Å². The highest BCUT2D eigenvalue weighted by Crippen LogP contribution is 2.47. The Bertz CT molecular complexity index is 513. The molecule has 1 aliphatic carbocycles. The highest BCUT2D eigenvalue weighted by molar-refractivity contribution is 7.09. The van der Waals surface area contributed by atoms with Crippen LogP contribution in [-0.4, -0.2) is 38.7 Å². The van der Waals surface area contributed by atoms with E-state index in [2.05, 4.69) is 14.7 Å².